The van der Waals surface area contributed by atoms with Gasteiger partial charge in [-0.3, -0.25) is 0 Å². The third kappa shape index (κ3) is 3.54. The predicted molar refractivity (Wildman–Crippen MR) is 73.8 cm³/mol. The second-order valence-electron chi connectivity index (χ2n) is 5.00. The van der Waals surface area contributed by atoms with Gasteiger partial charge in [0, 0.05) is 35.1 Å². The van der Waals surface area contributed by atoms with Gasteiger partial charge in [-0.2, -0.15) is 0 Å². The van der Waals surface area contributed by atoms with Crippen molar-refractivity contribution in [1.82, 2.24) is 5.32 Å². The zero-order valence-corrected chi connectivity index (χ0v) is 11.9. The van der Waals surface area contributed by atoms with Crippen LogP contribution >= 0.6 is 11.3 Å². The van der Waals surface area contributed by atoms with E-state index in [-0.39, 0.29) is 0 Å². The van der Waals surface area contributed by atoms with Gasteiger partial charge < -0.3 is 10.1 Å². The molecule has 0 radical (unpaired) electrons. The summed E-state index contributed by atoms with van der Waals surface area (Å²) >= 11 is 1.90. The summed E-state index contributed by atoms with van der Waals surface area (Å²) in [5.74, 6) is 0. The Morgan fingerprint density at radius 3 is 2.88 bits per heavy atom. The number of ether oxygens (including phenoxy) is 1. The Balaban J connectivity index is 1.95. The molecule has 2 rings (SSSR count). The van der Waals surface area contributed by atoms with Crippen molar-refractivity contribution in [3.05, 3.63) is 21.4 Å². The molecule has 2 nitrogen and oxygen atoms in total. The second-order valence-corrected chi connectivity index (χ2v) is 6.46. The molecule has 96 valence electrons. The first kappa shape index (κ1) is 13.1. The number of rotatable bonds is 3. The molecule has 0 saturated carbocycles. The van der Waals surface area contributed by atoms with Crippen LogP contribution in [0.2, 0.25) is 0 Å². The van der Waals surface area contributed by atoms with Crippen LogP contribution in [0.25, 0.3) is 0 Å². The molecule has 1 saturated heterocycles. The fourth-order valence-electron chi connectivity index (χ4n) is 2.59. The van der Waals surface area contributed by atoms with Crippen molar-refractivity contribution in [2.24, 2.45) is 0 Å². The van der Waals surface area contributed by atoms with Crippen LogP contribution in [0, 0.1) is 13.8 Å². The second kappa shape index (κ2) is 5.98. The number of nitrogens with one attached hydrogen (secondary N) is 1. The number of hydrogen-bond donors (Lipinski definition) is 1. The van der Waals surface area contributed by atoms with E-state index in [1.165, 1.54) is 28.2 Å². The molecule has 2 heterocycles. The molecule has 0 bridgehead atoms. The molecule has 2 unspecified atom stereocenters. The van der Waals surface area contributed by atoms with Gasteiger partial charge in [-0.1, -0.05) is 0 Å². The molecular formula is C14H23NOS. The molecule has 1 N–H and O–H groups in total. The lowest BCUT2D eigenvalue weighted by Crippen LogP contribution is -2.31. The van der Waals surface area contributed by atoms with E-state index in [4.69, 9.17) is 4.74 Å². The van der Waals surface area contributed by atoms with Crippen molar-refractivity contribution in [2.45, 2.75) is 52.1 Å². The highest BCUT2D eigenvalue weighted by Gasteiger charge is 2.17. The SMILES string of the molecule is Cc1cc(C(C)NC2CCCOCC2)c(C)s1. The summed E-state index contributed by atoms with van der Waals surface area (Å²) in [6.07, 6.45) is 3.57. The molecule has 0 aromatic carbocycles. The van der Waals surface area contributed by atoms with Crippen LogP contribution < -0.4 is 5.32 Å². The Labute approximate surface area is 108 Å². The van der Waals surface area contributed by atoms with Gasteiger partial charge in [0.15, 0.2) is 0 Å². The van der Waals surface area contributed by atoms with Gasteiger partial charge in [0.05, 0.1) is 0 Å². The van der Waals surface area contributed by atoms with Crippen molar-refractivity contribution >= 4 is 11.3 Å². The third-order valence-electron chi connectivity index (χ3n) is 3.48. The highest BCUT2D eigenvalue weighted by atomic mass is 32.1. The molecular weight excluding hydrogens is 230 g/mol. The molecule has 1 aliphatic heterocycles. The summed E-state index contributed by atoms with van der Waals surface area (Å²) in [6.45, 7) is 8.53. The van der Waals surface area contributed by atoms with E-state index in [0.717, 1.165) is 19.6 Å². The first-order chi connectivity index (χ1) is 8.16. The standard InChI is InChI=1S/C14H23NOS/c1-10-9-14(12(3)17-10)11(2)15-13-5-4-7-16-8-6-13/h9,11,13,15H,4-8H2,1-3H3. The van der Waals surface area contributed by atoms with Crippen LogP contribution in [0.4, 0.5) is 0 Å². The maximum atomic E-state index is 5.50. The Bertz CT molecular complexity index is 353. The van der Waals surface area contributed by atoms with Gasteiger partial charge in [-0.15, -0.1) is 11.3 Å². The fraction of sp³-hybridized carbons (Fsp3) is 0.714. The quantitative estimate of drug-likeness (QED) is 0.889. The number of hydrogen-bond acceptors (Lipinski definition) is 3. The van der Waals surface area contributed by atoms with E-state index in [1.54, 1.807) is 0 Å². The Morgan fingerprint density at radius 2 is 2.18 bits per heavy atom. The molecule has 0 aliphatic carbocycles. The fourth-order valence-corrected chi connectivity index (χ4v) is 3.62. The van der Waals surface area contributed by atoms with E-state index in [2.05, 4.69) is 32.2 Å². The minimum atomic E-state index is 0.461. The lowest BCUT2D eigenvalue weighted by atomic mass is 10.0. The minimum Gasteiger partial charge on any atom is -0.381 e. The van der Waals surface area contributed by atoms with E-state index in [9.17, 15) is 0 Å². The summed E-state index contributed by atoms with van der Waals surface area (Å²) in [5.41, 5.74) is 1.47. The average Bonchev–Trinajstić information content (AvgIpc) is 2.51. The summed E-state index contributed by atoms with van der Waals surface area (Å²) in [4.78, 5) is 2.86. The van der Waals surface area contributed by atoms with Crippen molar-refractivity contribution in [3.8, 4) is 0 Å². The topological polar surface area (TPSA) is 21.3 Å². The normalized spacial score (nSPS) is 23.4. The van der Waals surface area contributed by atoms with Gasteiger partial charge in [-0.05, 0) is 51.7 Å². The maximum absolute atomic E-state index is 5.50. The molecule has 1 aliphatic rings. The zero-order valence-electron chi connectivity index (χ0n) is 11.1. The van der Waals surface area contributed by atoms with Gasteiger partial charge in [0.1, 0.15) is 0 Å². The first-order valence-electron chi connectivity index (χ1n) is 6.57. The average molecular weight is 253 g/mol. The molecule has 1 aromatic rings. The lowest BCUT2D eigenvalue weighted by molar-refractivity contribution is 0.142. The highest BCUT2D eigenvalue weighted by Crippen LogP contribution is 2.27. The maximum Gasteiger partial charge on any atom is 0.0480 e. The molecule has 0 amide bonds. The van der Waals surface area contributed by atoms with Crippen molar-refractivity contribution in [1.29, 1.82) is 0 Å². The smallest absolute Gasteiger partial charge is 0.0480 e. The van der Waals surface area contributed by atoms with Crippen LogP contribution in [0.15, 0.2) is 6.07 Å². The third-order valence-corrected chi connectivity index (χ3v) is 4.47. The summed E-state index contributed by atoms with van der Waals surface area (Å²) in [6, 6.07) is 3.40. The summed E-state index contributed by atoms with van der Waals surface area (Å²) in [7, 11) is 0. The Hall–Kier alpha value is -0.380. The lowest BCUT2D eigenvalue weighted by Gasteiger charge is -2.21. The Morgan fingerprint density at radius 1 is 1.35 bits per heavy atom. The van der Waals surface area contributed by atoms with Crippen molar-refractivity contribution < 1.29 is 4.74 Å². The van der Waals surface area contributed by atoms with E-state index < -0.39 is 0 Å². The molecule has 2 atom stereocenters. The molecule has 1 aromatic heterocycles. The van der Waals surface area contributed by atoms with Gasteiger partial charge in [0.2, 0.25) is 0 Å². The van der Waals surface area contributed by atoms with Crippen LogP contribution in [-0.4, -0.2) is 19.3 Å². The van der Waals surface area contributed by atoms with Crippen molar-refractivity contribution in [3.63, 3.8) is 0 Å². The van der Waals surface area contributed by atoms with Crippen molar-refractivity contribution in [2.75, 3.05) is 13.2 Å². The number of aryl methyl sites for hydroxylation is 2. The summed E-state index contributed by atoms with van der Waals surface area (Å²) < 4.78 is 5.50. The van der Waals surface area contributed by atoms with Gasteiger partial charge >= 0.3 is 0 Å². The summed E-state index contributed by atoms with van der Waals surface area (Å²) in [5, 5.41) is 3.76. The minimum absolute atomic E-state index is 0.461. The number of thiophene rings is 1. The van der Waals surface area contributed by atoms with Gasteiger partial charge in [-0.25, -0.2) is 0 Å². The molecule has 0 spiro atoms. The van der Waals surface area contributed by atoms with E-state index in [1.807, 2.05) is 11.3 Å². The molecule has 1 fully saturated rings. The van der Waals surface area contributed by atoms with Crippen LogP contribution in [0.1, 0.15) is 47.5 Å². The largest absolute Gasteiger partial charge is 0.381 e. The van der Waals surface area contributed by atoms with Crippen LogP contribution in [-0.2, 0) is 4.74 Å². The van der Waals surface area contributed by atoms with Gasteiger partial charge in [0.25, 0.3) is 0 Å². The molecule has 3 heteroatoms. The first-order valence-corrected chi connectivity index (χ1v) is 7.39. The Kier molecular flexibility index (Phi) is 4.60. The van der Waals surface area contributed by atoms with Crippen LogP contribution in [0.5, 0.6) is 0 Å². The van der Waals surface area contributed by atoms with E-state index >= 15 is 0 Å². The monoisotopic (exact) mass is 253 g/mol. The highest BCUT2D eigenvalue weighted by molar-refractivity contribution is 7.12. The van der Waals surface area contributed by atoms with E-state index in [0.29, 0.717) is 12.1 Å². The zero-order chi connectivity index (χ0) is 12.3. The van der Waals surface area contributed by atoms with Crippen LogP contribution in [0.3, 0.4) is 0 Å². The molecule has 17 heavy (non-hydrogen) atoms. The predicted octanol–water partition coefficient (Wildman–Crippen LogP) is 3.58.